The van der Waals surface area contributed by atoms with E-state index >= 15 is 0 Å². The van der Waals surface area contributed by atoms with Gasteiger partial charge in [0.2, 0.25) is 0 Å². The zero-order valence-electron chi connectivity index (χ0n) is 11.8. The van der Waals surface area contributed by atoms with E-state index in [0.717, 1.165) is 0 Å². The van der Waals surface area contributed by atoms with Crippen LogP contribution in [0.4, 0.5) is 21.6 Å². The van der Waals surface area contributed by atoms with Gasteiger partial charge in [-0.25, -0.2) is 9.37 Å². The standard InChI is InChI=1S/C15H10FN4O2.Tm/c1-9-3-2-4-13(14(9)16)19-15-11-7-10(20(21)22)5-6-12(11)17-8-18-15;/h2-4,6-8H,1H3,(H,17,18,19);/q-1;. The molecule has 0 spiro atoms. The first-order valence-electron chi connectivity index (χ1n) is 6.39. The van der Waals surface area contributed by atoms with E-state index in [-0.39, 0.29) is 48.2 Å². The first kappa shape index (κ1) is 17.5. The summed E-state index contributed by atoms with van der Waals surface area (Å²) in [6.45, 7) is 1.65. The smallest absolute Gasteiger partial charge is 0.163 e. The Balaban J connectivity index is 0.00000192. The van der Waals surface area contributed by atoms with Crippen molar-refractivity contribution in [3.05, 3.63) is 64.2 Å². The maximum atomic E-state index is 14.1. The van der Waals surface area contributed by atoms with Gasteiger partial charge in [-0.3, -0.25) is 10.1 Å². The number of halogens is 1. The minimum Gasteiger partial charge on any atom is -0.339 e. The number of hydrogen-bond donors (Lipinski definition) is 1. The maximum absolute atomic E-state index is 14.1. The third-order valence-corrected chi connectivity index (χ3v) is 3.19. The molecule has 1 aromatic heterocycles. The fraction of sp³-hybridized carbons (Fsp3) is 0.0667. The second-order valence-electron chi connectivity index (χ2n) is 4.66. The molecule has 1 radical (unpaired) electrons. The van der Waals surface area contributed by atoms with Crippen LogP contribution in [0, 0.1) is 65.8 Å². The fourth-order valence-corrected chi connectivity index (χ4v) is 2.06. The summed E-state index contributed by atoms with van der Waals surface area (Å²) in [5.74, 6) is -0.0992. The van der Waals surface area contributed by atoms with Gasteiger partial charge in [0, 0.05) is 41.8 Å². The molecule has 2 aromatic carbocycles. The molecule has 1 N–H and O–H groups in total. The number of aryl methyl sites for hydroxylation is 1. The number of nitrogens with zero attached hydrogens (tertiary/aromatic N) is 3. The van der Waals surface area contributed by atoms with Gasteiger partial charge >= 0.3 is 0 Å². The fourth-order valence-electron chi connectivity index (χ4n) is 2.06. The second kappa shape index (κ2) is 7.14. The molecule has 0 bridgehead atoms. The topological polar surface area (TPSA) is 81.0 Å². The summed E-state index contributed by atoms with van der Waals surface area (Å²) in [5, 5.41) is 14.2. The number of nitro benzene ring substituents is 1. The first-order valence-corrected chi connectivity index (χ1v) is 6.39. The molecule has 0 atom stereocenters. The van der Waals surface area contributed by atoms with E-state index < -0.39 is 10.7 Å². The third kappa shape index (κ3) is 3.56. The Kier molecular flexibility index (Phi) is 5.44. The Morgan fingerprint density at radius 3 is 2.87 bits per heavy atom. The number of non-ortho nitro benzene ring substituents is 1. The van der Waals surface area contributed by atoms with Crippen LogP contribution in [0.15, 0.2) is 36.7 Å². The van der Waals surface area contributed by atoms with Crippen LogP contribution < -0.4 is 5.32 Å². The van der Waals surface area contributed by atoms with E-state index in [1.165, 1.54) is 18.5 Å². The van der Waals surface area contributed by atoms with Gasteiger partial charge in [0.1, 0.15) is 18.0 Å². The van der Waals surface area contributed by atoms with E-state index in [9.17, 15) is 14.5 Å². The van der Waals surface area contributed by atoms with Crippen LogP contribution in [-0.2, 0) is 0 Å². The number of nitrogens with one attached hydrogen (secondary N) is 1. The quantitative estimate of drug-likeness (QED) is 0.363. The summed E-state index contributed by atoms with van der Waals surface area (Å²) in [6, 6.07) is 10.2. The molecule has 3 rings (SSSR count). The molecule has 0 unspecified atom stereocenters. The Labute approximate surface area is 160 Å². The molecule has 0 fully saturated rings. The predicted molar refractivity (Wildman–Crippen MR) is 79.4 cm³/mol. The monoisotopic (exact) mass is 466 g/mol. The van der Waals surface area contributed by atoms with Crippen LogP contribution in [0.2, 0.25) is 0 Å². The average molecular weight is 466 g/mol. The first-order chi connectivity index (χ1) is 10.6. The molecule has 0 saturated heterocycles. The Bertz CT molecular complexity index is 888. The van der Waals surface area contributed by atoms with Gasteiger partial charge in [-0.15, -0.1) is 6.07 Å². The van der Waals surface area contributed by atoms with Crippen molar-refractivity contribution in [3.63, 3.8) is 0 Å². The molecule has 8 heteroatoms. The van der Waals surface area contributed by atoms with E-state index in [1.807, 2.05) is 0 Å². The van der Waals surface area contributed by atoms with Gasteiger partial charge in [-0.1, -0.05) is 29.7 Å². The minimum atomic E-state index is -0.552. The molecule has 23 heavy (non-hydrogen) atoms. The Hall–Kier alpha value is -1.86. The van der Waals surface area contributed by atoms with Gasteiger partial charge in [0.05, 0.1) is 5.69 Å². The summed E-state index contributed by atoms with van der Waals surface area (Å²) >= 11 is 0. The molecule has 0 amide bonds. The van der Waals surface area contributed by atoms with Crippen molar-refractivity contribution in [1.29, 1.82) is 0 Å². The van der Waals surface area contributed by atoms with Gasteiger partial charge in [-0.2, -0.15) is 0 Å². The average Bonchev–Trinajstić information content (AvgIpc) is 2.51. The van der Waals surface area contributed by atoms with E-state index in [1.54, 1.807) is 25.1 Å². The molecule has 3 aromatic rings. The molecule has 6 nitrogen and oxygen atoms in total. The van der Waals surface area contributed by atoms with E-state index in [2.05, 4.69) is 21.4 Å². The van der Waals surface area contributed by atoms with Crippen LogP contribution in [0.25, 0.3) is 10.9 Å². The van der Waals surface area contributed by atoms with Crippen molar-refractivity contribution >= 4 is 28.1 Å². The largest absolute Gasteiger partial charge is 0.339 e. The van der Waals surface area contributed by atoms with Crippen molar-refractivity contribution < 1.29 is 46.2 Å². The van der Waals surface area contributed by atoms with Crippen molar-refractivity contribution in [2.24, 2.45) is 0 Å². The summed E-state index contributed by atoms with van der Waals surface area (Å²) in [4.78, 5) is 18.4. The van der Waals surface area contributed by atoms with Crippen molar-refractivity contribution in [1.82, 2.24) is 9.97 Å². The van der Waals surface area contributed by atoms with Crippen LogP contribution in [0.5, 0.6) is 0 Å². The number of nitro groups is 1. The molecule has 123 valence electrons. The summed E-state index contributed by atoms with van der Waals surface area (Å²) < 4.78 is 14.1. The van der Waals surface area contributed by atoms with Crippen LogP contribution in [0.1, 0.15) is 5.56 Å². The molecule has 1 heterocycles. The van der Waals surface area contributed by atoms with Crippen LogP contribution in [-0.4, -0.2) is 14.9 Å². The molecular weight excluding hydrogens is 456 g/mol. The number of aromatic nitrogens is 2. The summed E-state index contributed by atoms with van der Waals surface area (Å²) in [6.07, 6.45) is 1.30. The van der Waals surface area contributed by atoms with Crippen molar-refractivity contribution in [2.75, 3.05) is 5.32 Å². The number of fused-ring (bicyclic) bond motifs is 1. The number of rotatable bonds is 3. The molecule has 0 aliphatic rings. The van der Waals surface area contributed by atoms with Crippen LogP contribution >= 0.6 is 0 Å². The van der Waals surface area contributed by atoms with Crippen LogP contribution in [0.3, 0.4) is 0 Å². The number of hydrogen-bond acceptors (Lipinski definition) is 5. The summed E-state index contributed by atoms with van der Waals surface area (Å²) in [5.41, 5.74) is 1.02. The third-order valence-electron chi connectivity index (χ3n) is 3.19. The van der Waals surface area contributed by atoms with Gasteiger partial charge < -0.3 is 10.3 Å². The molecule has 0 aliphatic carbocycles. The predicted octanol–water partition coefficient (Wildman–Crippen LogP) is 3.53. The molecule has 0 saturated carbocycles. The second-order valence-corrected chi connectivity index (χ2v) is 4.66. The molecular formula is C15H10FN4O2Tm-. The number of anilines is 2. The van der Waals surface area contributed by atoms with E-state index in [4.69, 9.17) is 0 Å². The van der Waals surface area contributed by atoms with Crippen molar-refractivity contribution in [2.45, 2.75) is 6.92 Å². The summed E-state index contributed by atoms with van der Waals surface area (Å²) in [7, 11) is 0. The Morgan fingerprint density at radius 2 is 2.13 bits per heavy atom. The number of benzene rings is 2. The SMILES string of the molecule is Cc1cccc(Nc2ncnc3c[c-]c([N+](=O)[O-])cc23)c1F.[Tm]. The van der Waals surface area contributed by atoms with Gasteiger partial charge in [0.15, 0.2) is 5.69 Å². The normalized spacial score (nSPS) is 10.2. The van der Waals surface area contributed by atoms with Crippen molar-refractivity contribution in [3.8, 4) is 0 Å². The maximum Gasteiger partial charge on any atom is 0.163 e. The van der Waals surface area contributed by atoms with Gasteiger partial charge in [0.25, 0.3) is 0 Å². The zero-order valence-corrected chi connectivity index (χ0v) is 13.6. The van der Waals surface area contributed by atoms with Gasteiger partial charge in [-0.05, 0) is 24.1 Å². The molecule has 0 aliphatic heterocycles. The Morgan fingerprint density at radius 1 is 1.35 bits per heavy atom. The van der Waals surface area contributed by atoms with E-state index in [0.29, 0.717) is 22.3 Å². The minimum absolute atomic E-state index is 0. The zero-order chi connectivity index (χ0) is 15.7.